The minimum Gasteiger partial charge on any atom is -0.481 e. The van der Waals surface area contributed by atoms with E-state index in [1.807, 2.05) is 48.7 Å². The van der Waals surface area contributed by atoms with E-state index in [2.05, 4.69) is 9.88 Å². The van der Waals surface area contributed by atoms with Crippen molar-refractivity contribution >= 4 is 11.8 Å². The number of hydrogen-bond donors (Lipinski definition) is 1. The minimum atomic E-state index is -0.918. The number of nitrogens with zero attached hydrogens (tertiary/aromatic N) is 2. The van der Waals surface area contributed by atoms with Gasteiger partial charge in [-0.1, -0.05) is 36.4 Å². The van der Waals surface area contributed by atoms with Gasteiger partial charge in [0, 0.05) is 25.2 Å². The molecule has 0 bridgehead atoms. The van der Waals surface area contributed by atoms with Gasteiger partial charge < -0.3 is 10.0 Å². The van der Waals surface area contributed by atoms with Gasteiger partial charge in [-0.2, -0.15) is 0 Å². The highest BCUT2D eigenvalue weighted by Crippen LogP contribution is 2.41. The number of anilines is 1. The van der Waals surface area contributed by atoms with Gasteiger partial charge in [0.05, 0.1) is 5.41 Å². The fourth-order valence-electron chi connectivity index (χ4n) is 3.50. The summed E-state index contributed by atoms with van der Waals surface area (Å²) in [6.45, 7) is 5.66. The smallest absolute Gasteiger partial charge is 0.310 e. The van der Waals surface area contributed by atoms with Crippen molar-refractivity contribution < 1.29 is 9.90 Å². The molecule has 24 heavy (non-hydrogen) atoms. The molecule has 1 aromatic carbocycles. The summed E-state index contributed by atoms with van der Waals surface area (Å²) in [5.74, 6) is -0.0625. The van der Waals surface area contributed by atoms with Crippen LogP contribution in [-0.4, -0.2) is 29.1 Å². The largest absolute Gasteiger partial charge is 0.481 e. The maximum Gasteiger partial charge on any atom is 0.310 e. The molecule has 0 saturated carbocycles. The first-order valence-corrected chi connectivity index (χ1v) is 8.49. The number of aromatic nitrogens is 1. The lowest BCUT2D eigenvalue weighted by Crippen LogP contribution is -2.32. The molecule has 126 valence electrons. The standard InChI is InChI=1S/C20H24N2O2/c1-20(2,19(23)24)18(15-8-4-3-5-9-15)16-10-11-17(21-14-16)22-12-6-7-13-22/h3-5,8-11,14,18H,6-7,12-13H2,1-2H3,(H,23,24). The van der Waals surface area contributed by atoms with E-state index in [9.17, 15) is 9.90 Å². The van der Waals surface area contributed by atoms with E-state index in [1.54, 1.807) is 13.8 Å². The maximum atomic E-state index is 11.9. The predicted molar refractivity (Wildman–Crippen MR) is 95.4 cm³/mol. The first kappa shape index (κ1) is 16.5. The SMILES string of the molecule is CC(C)(C(=O)O)C(c1ccccc1)c1ccc(N2CCCC2)nc1. The third-order valence-corrected chi connectivity index (χ3v) is 4.94. The highest BCUT2D eigenvalue weighted by atomic mass is 16.4. The second-order valence-electron chi connectivity index (χ2n) is 7.01. The van der Waals surface area contributed by atoms with Gasteiger partial charge in [0.1, 0.15) is 5.82 Å². The van der Waals surface area contributed by atoms with Crippen LogP contribution in [0, 0.1) is 5.41 Å². The van der Waals surface area contributed by atoms with Gasteiger partial charge in [0.25, 0.3) is 0 Å². The summed E-state index contributed by atoms with van der Waals surface area (Å²) in [6.07, 6.45) is 4.26. The second-order valence-corrected chi connectivity index (χ2v) is 7.01. The van der Waals surface area contributed by atoms with Crippen LogP contribution >= 0.6 is 0 Å². The topological polar surface area (TPSA) is 53.4 Å². The normalized spacial score (nSPS) is 16.2. The Labute approximate surface area is 143 Å². The van der Waals surface area contributed by atoms with E-state index in [4.69, 9.17) is 0 Å². The van der Waals surface area contributed by atoms with E-state index < -0.39 is 11.4 Å². The zero-order chi connectivity index (χ0) is 17.2. The molecule has 4 heteroatoms. The lowest BCUT2D eigenvalue weighted by Gasteiger charge is -2.31. The summed E-state index contributed by atoms with van der Waals surface area (Å²) in [5, 5.41) is 9.73. The fourth-order valence-corrected chi connectivity index (χ4v) is 3.50. The van der Waals surface area contributed by atoms with Crippen molar-refractivity contribution in [2.45, 2.75) is 32.6 Å². The molecule has 0 spiro atoms. The van der Waals surface area contributed by atoms with Crippen molar-refractivity contribution in [3.63, 3.8) is 0 Å². The van der Waals surface area contributed by atoms with Crippen molar-refractivity contribution in [1.82, 2.24) is 4.98 Å². The summed E-state index contributed by atoms with van der Waals surface area (Å²) < 4.78 is 0. The summed E-state index contributed by atoms with van der Waals surface area (Å²) in [4.78, 5) is 18.8. The Balaban J connectivity index is 1.98. The number of rotatable bonds is 5. The van der Waals surface area contributed by atoms with Crippen LogP contribution in [0.3, 0.4) is 0 Å². The van der Waals surface area contributed by atoms with Crippen LogP contribution in [0.2, 0.25) is 0 Å². The molecule has 2 heterocycles. The van der Waals surface area contributed by atoms with E-state index in [1.165, 1.54) is 12.8 Å². The minimum absolute atomic E-state index is 0.240. The summed E-state index contributed by atoms with van der Waals surface area (Å²) >= 11 is 0. The number of carboxylic acid groups (broad SMARTS) is 1. The third-order valence-electron chi connectivity index (χ3n) is 4.94. The molecule has 1 fully saturated rings. The van der Waals surface area contributed by atoms with Gasteiger partial charge in [-0.3, -0.25) is 4.79 Å². The molecule has 4 nitrogen and oxygen atoms in total. The Morgan fingerprint density at radius 2 is 1.75 bits per heavy atom. The maximum absolute atomic E-state index is 11.9. The van der Waals surface area contributed by atoms with Crippen LogP contribution in [0.4, 0.5) is 5.82 Å². The molecule has 0 amide bonds. The van der Waals surface area contributed by atoms with Crippen molar-refractivity contribution in [3.05, 3.63) is 59.8 Å². The van der Waals surface area contributed by atoms with Gasteiger partial charge in [0.15, 0.2) is 0 Å². The van der Waals surface area contributed by atoms with E-state index in [-0.39, 0.29) is 5.92 Å². The van der Waals surface area contributed by atoms with Crippen molar-refractivity contribution in [2.24, 2.45) is 5.41 Å². The average molecular weight is 324 g/mol. The van der Waals surface area contributed by atoms with Gasteiger partial charge in [-0.05, 0) is 43.9 Å². The number of benzene rings is 1. The van der Waals surface area contributed by atoms with E-state index >= 15 is 0 Å². The molecule has 1 aliphatic rings. The lowest BCUT2D eigenvalue weighted by molar-refractivity contribution is -0.147. The van der Waals surface area contributed by atoms with Crippen LogP contribution in [0.1, 0.15) is 43.7 Å². The zero-order valence-electron chi connectivity index (χ0n) is 14.3. The third kappa shape index (κ3) is 3.14. The zero-order valence-corrected chi connectivity index (χ0v) is 14.3. The fraction of sp³-hybridized carbons (Fsp3) is 0.400. The Bertz CT molecular complexity index is 689. The van der Waals surface area contributed by atoms with E-state index in [0.29, 0.717) is 0 Å². The van der Waals surface area contributed by atoms with Crippen LogP contribution in [-0.2, 0) is 4.79 Å². The number of pyridine rings is 1. The molecule has 0 aliphatic carbocycles. The van der Waals surface area contributed by atoms with Crippen molar-refractivity contribution in [1.29, 1.82) is 0 Å². The molecular weight excluding hydrogens is 300 g/mol. The molecule has 1 aliphatic heterocycles. The van der Waals surface area contributed by atoms with Crippen LogP contribution in [0.5, 0.6) is 0 Å². The molecule has 1 saturated heterocycles. The number of hydrogen-bond acceptors (Lipinski definition) is 3. The van der Waals surface area contributed by atoms with Crippen LogP contribution in [0.25, 0.3) is 0 Å². The highest BCUT2D eigenvalue weighted by Gasteiger charge is 2.39. The van der Waals surface area contributed by atoms with Gasteiger partial charge in [-0.25, -0.2) is 4.98 Å². The summed E-state index contributed by atoms with van der Waals surface area (Å²) in [6, 6.07) is 13.9. The Hall–Kier alpha value is -2.36. The Morgan fingerprint density at radius 1 is 1.08 bits per heavy atom. The molecular formula is C20H24N2O2. The van der Waals surface area contributed by atoms with Crippen LogP contribution < -0.4 is 4.90 Å². The first-order chi connectivity index (χ1) is 11.5. The monoisotopic (exact) mass is 324 g/mol. The molecule has 1 atom stereocenters. The molecule has 2 aromatic rings. The number of carbonyl (C=O) groups is 1. The number of carboxylic acids is 1. The molecule has 0 radical (unpaired) electrons. The quantitative estimate of drug-likeness (QED) is 0.905. The molecule has 1 N–H and O–H groups in total. The van der Waals surface area contributed by atoms with Crippen molar-refractivity contribution in [3.8, 4) is 0 Å². The molecule has 3 rings (SSSR count). The Morgan fingerprint density at radius 3 is 2.29 bits per heavy atom. The first-order valence-electron chi connectivity index (χ1n) is 8.49. The van der Waals surface area contributed by atoms with Gasteiger partial charge >= 0.3 is 5.97 Å². The Kier molecular flexibility index (Phi) is 4.56. The predicted octanol–water partition coefficient (Wildman–Crippen LogP) is 3.92. The van der Waals surface area contributed by atoms with E-state index in [0.717, 1.165) is 30.0 Å². The average Bonchev–Trinajstić information content (AvgIpc) is 3.11. The lowest BCUT2D eigenvalue weighted by atomic mass is 9.71. The summed E-state index contributed by atoms with van der Waals surface area (Å²) in [7, 11) is 0. The molecule has 1 unspecified atom stereocenters. The molecule has 1 aromatic heterocycles. The number of aliphatic carboxylic acids is 1. The summed E-state index contributed by atoms with van der Waals surface area (Å²) in [5.41, 5.74) is 1.02. The van der Waals surface area contributed by atoms with Crippen molar-refractivity contribution in [2.75, 3.05) is 18.0 Å². The van der Waals surface area contributed by atoms with Crippen LogP contribution in [0.15, 0.2) is 48.7 Å². The second kappa shape index (κ2) is 6.63. The van der Waals surface area contributed by atoms with Gasteiger partial charge in [-0.15, -0.1) is 0 Å². The van der Waals surface area contributed by atoms with Gasteiger partial charge in [0.2, 0.25) is 0 Å². The highest BCUT2D eigenvalue weighted by molar-refractivity contribution is 5.76.